The lowest BCUT2D eigenvalue weighted by Gasteiger charge is -2.25. The van der Waals surface area contributed by atoms with Crippen LogP contribution in [0.3, 0.4) is 0 Å². The minimum atomic E-state index is -5.78. The largest absolute Gasteiger partial charge is 0.459 e. The summed E-state index contributed by atoms with van der Waals surface area (Å²) in [5, 5.41) is 17.3. The molecule has 0 saturated carbocycles. The van der Waals surface area contributed by atoms with Crippen molar-refractivity contribution in [2.24, 2.45) is 10.3 Å². The number of alkyl halides is 5. The van der Waals surface area contributed by atoms with Crippen molar-refractivity contribution in [3.05, 3.63) is 88.9 Å². The van der Waals surface area contributed by atoms with Crippen molar-refractivity contribution in [1.29, 1.82) is 0 Å². The summed E-state index contributed by atoms with van der Waals surface area (Å²) in [5.74, 6) is -5.09. The average molecular weight is 508 g/mol. The summed E-state index contributed by atoms with van der Waals surface area (Å²) in [6.07, 6.45) is -6.42. The molecule has 0 aromatic heterocycles. The Morgan fingerprint density at radius 1 is 0.971 bits per heavy atom. The number of halogens is 6. The lowest BCUT2D eigenvalue weighted by atomic mass is 9.94. The smallest absolute Gasteiger partial charge is 0.411 e. The molecule has 1 N–H and O–H groups in total. The number of hydrogen-bond acceptors (Lipinski definition) is 4. The molecule has 3 aromatic rings. The highest BCUT2D eigenvalue weighted by molar-refractivity contribution is 6.33. The second kappa shape index (κ2) is 9.30. The molecule has 1 aliphatic rings. The number of hydrazone groups is 1. The minimum absolute atomic E-state index is 0.167. The number of anilines is 1. The SMILES string of the molecule is CC(=NO)c1cccc(-c2cccc(C3CC(C(F)(F)C(F)(F)F)=NN3c3ccccc3Cl)c2)c1. The van der Waals surface area contributed by atoms with Gasteiger partial charge in [-0.3, -0.25) is 5.01 Å². The number of nitrogens with zero attached hydrogens (tertiary/aromatic N) is 3. The maximum atomic E-state index is 14.3. The molecule has 0 fully saturated rings. The van der Waals surface area contributed by atoms with Crippen LogP contribution in [-0.4, -0.2) is 28.7 Å². The van der Waals surface area contributed by atoms with E-state index in [1.807, 2.05) is 6.07 Å². The van der Waals surface area contributed by atoms with E-state index >= 15 is 0 Å². The molecule has 182 valence electrons. The molecule has 0 spiro atoms. The first-order chi connectivity index (χ1) is 16.5. The molecule has 0 bridgehead atoms. The highest BCUT2D eigenvalue weighted by Gasteiger charge is 2.62. The van der Waals surface area contributed by atoms with E-state index in [-0.39, 0.29) is 10.7 Å². The molecular weight excluding hydrogens is 489 g/mol. The van der Waals surface area contributed by atoms with E-state index in [0.717, 1.165) is 10.6 Å². The monoisotopic (exact) mass is 507 g/mol. The van der Waals surface area contributed by atoms with Gasteiger partial charge in [-0.2, -0.15) is 27.1 Å². The van der Waals surface area contributed by atoms with E-state index < -0.39 is 30.3 Å². The van der Waals surface area contributed by atoms with Gasteiger partial charge in [-0.25, -0.2) is 0 Å². The van der Waals surface area contributed by atoms with Crippen molar-refractivity contribution >= 4 is 28.7 Å². The fourth-order valence-corrected chi connectivity index (χ4v) is 4.11. The van der Waals surface area contributed by atoms with Crippen molar-refractivity contribution < 1.29 is 27.2 Å². The number of para-hydroxylation sites is 1. The first-order valence-electron chi connectivity index (χ1n) is 10.5. The van der Waals surface area contributed by atoms with Gasteiger partial charge in [0.2, 0.25) is 0 Å². The van der Waals surface area contributed by atoms with Crippen LogP contribution in [0.15, 0.2) is 83.1 Å². The lowest BCUT2D eigenvalue weighted by molar-refractivity contribution is -0.249. The normalized spacial score (nSPS) is 17.0. The second-order valence-electron chi connectivity index (χ2n) is 8.03. The van der Waals surface area contributed by atoms with Gasteiger partial charge in [-0.1, -0.05) is 65.3 Å². The average Bonchev–Trinajstić information content (AvgIpc) is 3.29. The van der Waals surface area contributed by atoms with Gasteiger partial charge in [0, 0.05) is 6.42 Å². The molecule has 1 atom stereocenters. The molecule has 0 radical (unpaired) electrons. The van der Waals surface area contributed by atoms with Crippen LogP contribution in [0.25, 0.3) is 11.1 Å². The summed E-state index contributed by atoms with van der Waals surface area (Å²) in [5.41, 5.74) is 1.94. The number of rotatable bonds is 5. The summed E-state index contributed by atoms with van der Waals surface area (Å²) in [6.45, 7) is 1.63. The molecule has 1 heterocycles. The topological polar surface area (TPSA) is 48.2 Å². The highest BCUT2D eigenvalue weighted by atomic mass is 35.5. The van der Waals surface area contributed by atoms with Crippen molar-refractivity contribution in [2.45, 2.75) is 31.5 Å². The van der Waals surface area contributed by atoms with Crippen molar-refractivity contribution in [3.8, 4) is 11.1 Å². The van der Waals surface area contributed by atoms with Crippen LogP contribution >= 0.6 is 11.6 Å². The minimum Gasteiger partial charge on any atom is -0.411 e. The maximum absolute atomic E-state index is 14.3. The third kappa shape index (κ3) is 4.73. The van der Waals surface area contributed by atoms with Crippen LogP contribution in [-0.2, 0) is 0 Å². The van der Waals surface area contributed by atoms with Gasteiger partial charge in [-0.05, 0) is 53.4 Å². The van der Waals surface area contributed by atoms with Gasteiger partial charge in [0.25, 0.3) is 0 Å². The van der Waals surface area contributed by atoms with E-state index in [9.17, 15) is 22.0 Å². The Balaban J connectivity index is 1.78. The van der Waals surface area contributed by atoms with E-state index in [2.05, 4.69) is 10.3 Å². The molecule has 10 heteroatoms. The molecule has 4 nitrogen and oxygen atoms in total. The van der Waals surface area contributed by atoms with Crippen LogP contribution < -0.4 is 5.01 Å². The quantitative estimate of drug-likeness (QED) is 0.166. The summed E-state index contributed by atoms with van der Waals surface area (Å²) >= 11 is 6.24. The van der Waals surface area contributed by atoms with Crippen molar-refractivity contribution in [1.82, 2.24) is 0 Å². The molecule has 4 rings (SSSR count). The fraction of sp³-hybridized carbons (Fsp3) is 0.200. The Morgan fingerprint density at radius 3 is 2.29 bits per heavy atom. The van der Waals surface area contributed by atoms with Crippen molar-refractivity contribution in [3.63, 3.8) is 0 Å². The molecule has 0 amide bonds. The molecular formula is C25H19ClF5N3O. The maximum Gasteiger partial charge on any atom is 0.459 e. The zero-order valence-corrected chi connectivity index (χ0v) is 19.0. The van der Waals surface area contributed by atoms with Gasteiger partial charge in [0.1, 0.15) is 5.71 Å². The fourth-order valence-electron chi connectivity index (χ4n) is 3.89. The molecule has 3 aromatic carbocycles. The van der Waals surface area contributed by atoms with Crippen LogP contribution in [0.5, 0.6) is 0 Å². The molecule has 0 aliphatic carbocycles. The zero-order valence-electron chi connectivity index (χ0n) is 18.3. The van der Waals surface area contributed by atoms with E-state index in [4.69, 9.17) is 16.8 Å². The van der Waals surface area contributed by atoms with Gasteiger partial charge < -0.3 is 5.21 Å². The van der Waals surface area contributed by atoms with E-state index in [0.29, 0.717) is 22.4 Å². The van der Waals surface area contributed by atoms with Crippen LogP contribution in [0.1, 0.15) is 30.5 Å². The van der Waals surface area contributed by atoms with Gasteiger partial charge in [0.05, 0.1) is 22.5 Å². The third-order valence-electron chi connectivity index (χ3n) is 5.76. The van der Waals surface area contributed by atoms with Gasteiger partial charge in [-0.15, -0.1) is 0 Å². The molecule has 1 aliphatic heterocycles. The van der Waals surface area contributed by atoms with Crippen LogP contribution in [0.4, 0.5) is 27.6 Å². The highest BCUT2D eigenvalue weighted by Crippen LogP contribution is 2.46. The first-order valence-corrected chi connectivity index (χ1v) is 10.9. The summed E-state index contributed by atoms with van der Waals surface area (Å²) in [4.78, 5) is 0. The summed E-state index contributed by atoms with van der Waals surface area (Å²) < 4.78 is 67.9. The molecule has 1 unspecified atom stereocenters. The molecule has 0 saturated heterocycles. The lowest BCUT2D eigenvalue weighted by Crippen LogP contribution is -2.43. The summed E-state index contributed by atoms with van der Waals surface area (Å²) in [6, 6.07) is 19.3. The third-order valence-corrected chi connectivity index (χ3v) is 6.08. The van der Waals surface area contributed by atoms with Crippen LogP contribution in [0.2, 0.25) is 5.02 Å². The Bertz CT molecular complexity index is 1310. The Hall–Kier alpha value is -3.46. The Kier molecular flexibility index (Phi) is 6.55. The van der Waals surface area contributed by atoms with E-state index in [1.165, 1.54) is 12.1 Å². The standard InChI is InChI=1S/C25H19ClF5N3O/c1-15(33-35)16-6-4-7-17(12-16)18-8-5-9-19(13-18)22-14-23(24(27,28)25(29,30)31)32-34(22)21-11-3-2-10-20(21)26/h2-13,22,35H,14H2,1H3. The van der Waals surface area contributed by atoms with Crippen LogP contribution in [0, 0.1) is 0 Å². The van der Waals surface area contributed by atoms with E-state index in [1.54, 1.807) is 61.5 Å². The predicted molar refractivity (Wildman–Crippen MR) is 126 cm³/mol. The van der Waals surface area contributed by atoms with Gasteiger partial charge in [0.15, 0.2) is 0 Å². The number of hydrogen-bond donors (Lipinski definition) is 1. The first kappa shape index (κ1) is 24.7. The number of oxime groups is 1. The second-order valence-corrected chi connectivity index (χ2v) is 8.43. The Labute approximate surface area is 202 Å². The predicted octanol–water partition coefficient (Wildman–Crippen LogP) is 7.71. The van der Waals surface area contributed by atoms with Gasteiger partial charge >= 0.3 is 12.1 Å². The number of benzene rings is 3. The zero-order chi connectivity index (χ0) is 25.4. The summed E-state index contributed by atoms with van der Waals surface area (Å²) in [7, 11) is 0. The molecule has 35 heavy (non-hydrogen) atoms. The Morgan fingerprint density at radius 2 is 1.63 bits per heavy atom. The van der Waals surface area contributed by atoms with Crippen molar-refractivity contribution in [2.75, 3.05) is 5.01 Å².